The van der Waals surface area contributed by atoms with Crippen LogP contribution in [0.1, 0.15) is 22.8 Å². The van der Waals surface area contributed by atoms with E-state index >= 15 is 0 Å². The summed E-state index contributed by atoms with van der Waals surface area (Å²) in [4.78, 5) is 27.5. The largest absolute Gasteiger partial charge is 0.466 e. The van der Waals surface area contributed by atoms with Gasteiger partial charge in [-0.3, -0.25) is 14.6 Å². The summed E-state index contributed by atoms with van der Waals surface area (Å²) in [6.07, 6.45) is 2.28. The molecule has 0 aromatic carbocycles. The summed E-state index contributed by atoms with van der Waals surface area (Å²) in [5, 5.41) is 5.15. The lowest BCUT2D eigenvalue weighted by Crippen LogP contribution is -2.40. The van der Waals surface area contributed by atoms with Gasteiger partial charge in [-0.25, -0.2) is 0 Å². The number of rotatable bonds is 5. The standard InChI is InChI=1S/C16H19N3O3/c1-11-9-13(12(2)22-11)10-19-16(21)15(20)18-8-6-14-5-3-4-7-17-14/h3-5,7,9H,6,8,10H2,1-2H3,(H,18,20)(H,19,21). The van der Waals surface area contributed by atoms with Crippen LogP contribution >= 0.6 is 0 Å². The Morgan fingerprint density at radius 2 is 1.95 bits per heavy atom. The average molecular weight is 301 g/mol. The third-order valence-electron chi connectivity index (χ3n) is 3.18. The zero-order valence-electron chi connectivity index (χ0n) is 12.7. The minimum absolute atomic E-state index is 0.273. The van der Waals surface area contributed by atoms with Crippen molar-refractivity contribution in [2.24, 2.45) is 0 Å². The number of hydrogen-bond acceptors (Lipinski definition) is 4. The molecule has 0 unspecified atom stereocenters. The Bertz CT molecular complexity index is 650. The summed E-state index contributed by atoms with van der Waals surface area (Å²) in [6, 6.07) is 7.42. The third kappa shape index (κ3) is 4.44. The molecule has 22 heavy (non-hydrogen) atoms. The molecule has 0 saturated carbocycles. The van der Waals surface area contributed by atoms with Crippen molar-refractivity contribution in [3.63, 3.8) is 0 Å². The smallest absolute Gasteiger partial charge is 0.309 e. The maximum Gasteiger partial charge on any atom is 0.309 e. The van der Waals surface area contributed by atoms with E-state index in [0.717, 1.165) is 22.8 Å². The van der Waals surface area contributed by atoms with Crippen LogP contribution in [-0.2, 0) is 22.6 Å². The molecule has 2 rings (SSSR count). The highest BCUT2D eigenvalue weighted by Crippen LogP contribution is 2.12. The van der Waals surface area contributed by atoms with Gasteiger partial charge in [0.05, 0.1) is 0 Å². The predicted octanol–water partition coefficient (Wildman–Crippen LogP) is 1.27. The molecular formula is C16H19N3O3. The lowest BCUT2D eigenvalue weighted by molar-refractivity contribution is -0.139. The molecule has 0 aliphatic carbocycles. The molecule has 0 bridgehead atoms. The Balaban J connectivity index is 1.73. The molecule has 2 aromatic rings. The molecular weight excluding hydrogens is 282 g/mol. The molecule has 6 nitrogen and oxygen atoms in total. The number of carbonyl (C=O) groups is 2. The van der Waals surface area contributed by atoms with E-state index in [9.17, 15) is 9.59 Å². The summed E-state index contributed by atoms with van der Waals surface area (Å²) in [7, 11) is 0. The molecule has 2 aromatic heterocycles. The van der Waals surface area contributed by atoms with Crippen molar-refractivity contribution in [3.8, 4) is 0 Å². The van der Waals surface area contributed by atoms with Crippen LogP contribution in [0.15, 0.2) is 34.9 Å². The van der Waals surface area contributed by atoms with Crippen molar-refractivity contribution >= 4 is 11.8 Å². The second-order valence-electron chi connectivity index (χ2n) is 4.95. The van der Waals surface area contributed by atoms with Crippen LogP contribution in [-0.4, -0.2) is 23.3 Å². The van der Waals surface area contributed by atoms with Gasteiger partial charge in [-0.1, -0.05) is 6.07 Å². The number of nitrogens with one attached hydrogen (secondary N) is 2. The van der Waals surface area contributed by atoms with Gasteiger partial charge in [-0.15, -0.1) is 0 Å². The van der Waals surface area contributed by atoms with Crippen LogP contribution in [0.2, 0.25) is 0 Å². The van der Waals surface area contributed by atoms with Crippen LogP contribution in [0.5, 0.6) is 0 Å². The lowest BCUT2D eigenvalue weighted by atomic mass is 10.2. The maximum atomic E-state index is 11.7. The van der Waals surface area contributed by atoms with E-state index in [0.29, 0.717) is 13.0 Å². The average Bonchev–Trinajstić information content (AvgIpc) is 2.83. The summed E-state index contributed by atoms with van der Waals surface area (Å²) in [5.74, 6) is 0.225. The van der Waals surface area contributed by atoms with Crippen molar-refractivity contribution in [1.82, 2.24) is 15.6 Å². The van der Waals surface area contributed by atoms with E-state index in [1.165, 1.54) is 0 Å². The number of amides is 2. The first kappa shape index (κ1) is 15.8. The molecule has 116 valence electrons. The van der Waals surface area contributed by atoms with Gasteiger partial charge < -0.3 is 15.1 Å². The van der Waals surface area contributed by atoms with E-state index in [1.807, 2.05) is 38.1 Å². The minimum atomic E-state index is -0.653. The third-order valence-corrected chi connectivity index (χ3v) is 3.18. The quantitative estimate of drug-likeness (QED) is 0.815. The molecule has 0 fully saturated rings. The van der Waals surface area contributed by atoms with Crippen LogP contribution < -0.4 is 10.6 Å². The number of hydrogen-bond donors (Lipinski definition) is 2. The monoisotopic (exact) mass is 301 g/mol. The molecule has 0 saturated heterocycles. The fraction of sp³-hybridized carbons (Fsp3) is 0.312. The first-order chi connectivity index (χ1) is 10.6. The zero-order chi connectivity index (χ0) is 15.9. The highest BCUT2D eigenvalue weighted by molar-refractivity contribution is 6.35. The van der Waals surface area contributed by atoms with Crippen molar-refractivity contribution in [3.05, 3.63) is 53.2 Å². The van der Waals surface area contributed by atoms with Gasteiger partial charge in [0.1, 0.15) is 11.5 Å². The maximum absolute atomic E-state index is 11.7. The topological polar surface area (TPSA) is 84.2 Å². The van der Waals surface area contributed by atoms with Crippen molar-refractivity contribution in [2.45, 2.75) is 26.8 Å². The molecule has 0 radical (unpaired) electrons. The number of nitrogens with zero attached hydrogens (tertiary/aromatic N) is 1. The van der Waals surface area contributed by atoms with Gasteiger partial charge in [-0.05, 0) is 32.0 Å². The predicted molar refractivity (Wildman–Crippen MR) is 81.0 cm³/mol. The SMILES string of the molecule is Cc1cc(CNC(=O)C(=O)NCCc2ccccn2)c(C)o1. The van der Waals surface area contributed by atoms with Crippen molar-refractivity contribution in [1.29, 1.82) is 0 Å². The fourth-order valence-corrected chi connectivity index (χ4v) is 2.05. The molecule has 6 heteroatoms. The Hall–Kier alpha value is -2.63. The molecule has 2 N–H and O–H groups in total. The highest BCUT2D eigenvalue weighted by Gasteiger charge is 2.13. The Kier molecular flexibility index (Phi) is 5.30. The molecule has 0 spiro atoms. The first-order valence-corrected chi connectivity index (χ1v) is 7.08. The van der Waals surface area contributed by atoms with E-state index in [4.69, 9.17) is 4.42 Å². The normalized spacial score (nSPS) is 10.3. The lowest BCUT2D eigenvalue weighted by Gasteiger charge is -2.06. The van der Waals surface area contributed by atoms with E-state index < -0.39 is 11.8 Å². The van der Waals surface area contributed by atoms with E-state index in [2.05, 4.69) is 15.6 Å². The summed E-state index contributed by atoms with van der Waals surface area (Å²) >= 11 is 0. The molecule has 0 atom stereocenters. The van der Waals surface area contributed by atoms with Gasteiger partial charge in [0, 0.05) is 37.0 Å². The second-order valence-corrected chi connectivity index (χ2v) is 4.95. The van der Waals surface area contributed by atoms with Crippen molar-refractivity contribution < 1.29 is 14.0 Å². The molecule has 0 aliphatic heterocycles. The van der Waals surface area contributed by atoms with Gasteiger partial charge in [0.2, 0.25) is 0 Å². The highest BCUT2D eigenvalue weighted by atomic mass is 16.3. The van der Waals surface area contributed by atoms with Crippen LogP contribution in [0.4, 0.5) is 0 Å². The van der Waals surface area contributed by atoms with Crippen LogP contribution in [0.3, 0.4) is 0 Å². The number of carbonyl (C=O) groups excluding carboxylic acids is 2. The zero-order valence-corrected chi connectivity index (χ0v) is 12.7. The van der Waals surface area contributed by atoms with Crippen molar-refractivity contribution in [2.75, 3.05) is 6.54 Å². The Morgan fingerprint density at radius 1 is 1.18 bits per heavy atom. The fourth-order valence-electron chi connectivity index (χ4n) is 2.05. The van der Waals surface area contributed by atoms with Gasteiger partial charge in [0.25, 0.3) is 0 Å². The van der Waals surface area contributed by atoms with Crippen LogP contribution in [0, 0.1) is 13.8 Å². The summed E-state index contributed by atoms with van der Waals surface area (Å²) < 4.78 is 5.36. The summed E-state index contributed by atoms with van der Waals surface area (Å²) in [6.45, 7) is 4.30. The molecule has 2 heterocycles. The van der Waals surface area contributed by atoms with Gasteiger partial charge in [-0.2, -0.15) is 0 Å². The molecule has 2 amide bonds. The number of aryl methyl sites for hydroxylation is 2. The Morgan fingerprint density at radius 3 is 2.59 bits per heavy atom. The second kappa shape index (κ2) is 7.40. The first-order valence-electron chi connectivity index (χ1n) is 7.08. The van der Waals surface area contributed by atoms with Crippen LogP contribution in [0.25, 0.3) is 0 Å². The number of aromatic nitrogens is 1. The minimum Gasteiger partial charge on any atom is -0.466 e. The number of furan rings is 1. The Labute approximate surface area is 128 Å². The summed E-state index contributed by atoms with van der Waals surface area (Å²) in [5.41, 5.74) is 1.74. The number of pyridine rings is 1. The molecule has 0 aliphatic rings. The van der Waals surface area contributed by atoms with Gasteiger partial charge in [0.15, 0.2) is 0 Å². The van der Waals surface area contributed by atoms with E-state index in [-0.39, 0.29) is 6.54 Å². The van der Waals surface area contributed by atoms with E-state index in [1.54, 1.807) is 6.20 Å². The van der Waals surface area contributed by atoms with Gasteiger partial charge >= 0.3 is 11.8 Å².